The van der Waals surface area contributed by atoms with Crippen LogP contribution in [0.5, 0.6) is 0 Å². The number of Topliss-reactive ketones (excluding diaryl/α,β-unsaturated/α-hetero) is 1. The van der Waals surface area contributed by atoms with Gasteiger partial charge in [-0.05, 0) is 59.9 Å². The fourth-order valence-electron chi connectivity index (χ4n) is 2.20. The summed E-state index contributed by atoms with van der Waals surface area (Å²) in [4.78, 5) is 19.8. The van der Waals surface area contributed by atoms with Gasteiger partial charge in [-0.15, -0.1) is 0 Å². The summed E-state index contributed by atoms with van der Waals surface area (Å²) in [6, 6.07) is 8.65. The van der Waals surface area contributed by atoms with E-state index in [0.717, 1.165) is 18.2 Å². The van der Waals surface area contributed by atoms with E-state index in [9.17, 15) is 18.0 Å². The van der Waals surface area contributed by atoms with Crippen LogP contribution < -0.4 is 4.72 Å². The maximum atomic E-state index is 14.0. The zero-order valence-corrected chi connectivity index (χ0v) is 15.1. The predicted molar refractivity (Wildman–Crippen MR) is 97.3 cm³/mol. The number of carbonyl (C=O) groups is 1. The highest BCUT2D eigenvalue weighted by Crippen LogP contribution is 2.28. The highest BCUT2D eigenvalue weighted by Gasteiger charge is 2.14. The van der Waals surface area contributed by atoms with Gasteiger partial charge in [-0.25, -0.2) is 23.1 Å². The SMILES string of the molecule is O=C(Cc1ccnc(Cl)n1)c1ccc(F)c(NSc2c(F)cccc2F)c1. The lowest BCUT2D eigenvalue weighted by Gasteiger charge is -2.10. The summed E-state index contributed by atoms with van der Waals surface area (Å²) in [6.45, 7) is 0. The van der Waals surface area contributed by atoms with Gasteiger partial charge in [-0.2, -0.15) is 0 Å². The van der Waals surface area contributed by atoms with Crippen LogP contribution in [0.4, 0.5) is 18.9 Å². The van der Waals surface area contributed by atoms with Crippen LogP contribution in [0.2, 0.25) is 5.28 Å². The molecule has 0 radical (unpaired) electrons. The molecule has 0 saturated heterocycles. The molecule has 4 nitrogen and oxygen atoms in total. The summed E-state index contributed by atoms with van der Waals surface area (Å²) < 4.78 is 43.9. The largest absolute Gasteiger partial charge is 0.323 e. The third kappa shape index (κ3) is 4.78. The Kier molecular flexibility index (Phi) is 5.98. The second-order valence-electron chi connectivity index (χ2n) is 5.37. The van der Waals surface area contributed by atoms with E-state index in [-0.39, 0.29) is 33.6 Å². The number of hydrogen-bond acceptors (Lipinski definition) is 5. The van der Waals surface area contributed by atoms with Gasteiger partial charge < -0.3 is 4.72 Å². The van der Waals surface area contributed by atoms with Gasteiger partial charge in [0.1, 0.15) is 17.5 Å². The molecule has 1 N–H and O–H groups in total. The summed E-state index contributed by atoms with van der Waals surface area (Å²) in [5.74, 6) is -2.54. The highest BCUT2D eigenvalue weighted by molar-refractivity contribution is 8.00. The van der Waals surface area contributed by atoms with E-state index in [1.54, 1.807) is 6.07 Å². The fourth-order valence-corrected chi connectivity index (χ4v) is 3.06. The van der Waals surface area contributed by atoms with Gasteiger partial charge in [0, 0.05) is 11.8 Å². The Labute approximate surface area is 161 Å². The Morgan fingerprint density at radius 1 is 1.07 bits per heavy atom. The van der Waals surface area contributed by atoms with Crippen LogP contribution in [-0.4, -0.2) is 15.8 Å². The van der Waals surface area contributed by atoms with Gasteiger partial charge in [0.15, 0.2) is 5.78 Å². The van der Waals surface area contributed by atoms with Crippen LogP contribution in [0.1, 0.15) is 16.1 Å². The van der Waals surface area contributed by atoms with Crippen molar-refractivity contribution in [1.29, 1.82) is 0 Å². The number of carbonyl (C=O) groups excluding carboxylic acids is 1. The van der Waals surface area contributed by atoms with Crippen LogP contribution in [0, 0.1) is 17.5 Å². The van der Waals surface area contributed by atoms with Gasteiger partial charge in [0.05, 0.1) is 22.7 Å². The van der Waals surface area contributed by atoms with E-state index >= 15 is 0 Å². The standard InChI is InChI=1S/C18H11ClF3N3OS/c19-18-23-7-6-11(24-18)9-16(26)10-4-5-12(20)15(8-10)25-27-17-13(21)2-1-3-14(17)22/h1-8,25H,9H2. The molecule has 0 fully saturated rings. The molecule has 0 unspecified atom stereocenters. The number of halogens is 4. The number of ketones is 1. The van der Waals surface area contributed by atoms with Crippen LogP contribution in [0.25, 0.3) is 0 Å². The second kappa shape index (κ2) is 8.41. The predicted octanol–water partition coefficient (Wildman–Crippen LogP) is 5.09. The number of hydrogen-bond donors (Lipinski definition) is 1. The van der Waals surface area contributed by atoms with Crippen molar-refractivity contribution in [2.75, 3.05) is 4.72 Å². The lowest BCUT2D eigenvalue weighted by molar-refractivity contribution is 0.0992. The molecule has 3 rings (SSSR count). The third-order valence-electron chi connectivity index (χ3n) is 3.50. The van der Waals surface area contributed by atoms with Crippen LogP contribution in [0.3, 0.4) is 0 Å². The van der Waals surface area contributed by atoms with Crippen molar-refractivity contribution >= 4 is 35.0 Å². The Morgan fingerprint density at radius 2 is 1.81 bits per heavy atom. The highest BCUT2D eigenvalue weighted by atomic mass is 35.5. The molecule has 0 spiro atoms. The molecule has 0 atom stereocenters. The van der Waals surface area contributed by atoms with Gasteiger partial charge in [-0.3, -0.25) is 4.79 Å². The average Bonchev–Trinajstić information content (AvgIpc) is 2.62. The molecule has 1 heterocycles. The Bertz CT molecular complexity index is 983. The second-order valence-corrected chi connectivity index (χ2v) is 6.52. The summed E-state index contributed by atoms with van der Waals surface area (Å²) in [5.41, 5.74) is 0.555. The van der Waals surface area contributed by atoms with Crippen molar-refractivity contribution in [3.05, 3.63) is 82.7 Å². The first-order valence-corrected chi connectivity index (χ1v) is 8.80. The minimum absolute atomic E-state index is 0.0186. The van der Waals surface area contributed by atoms with E-state index in [2.05, 4.69) is 14.7 Å². The van der Waals surface area contributed by atoms with Gasteiger partial charge in [0.2, 0.25) is 5.28 Å². The van der Waals surface area contributed by atoms with Crippen molar-refractivity contribution in [1.82, 2.24) is 9.97 Å². The number of nitrogens with zero attached hydrogens (tertiary/aromatic N) is 2. The van der Waals surface area contributed by atoms with E-state index in [4.69, 9.17) is 11.6 Å². The molecular weight excluding hydrogens is 399 g/mol. The molecular formula is C18H11ClF3N3OS. The number of anilines is 1. The molecule has 2 aromatic carbocycles. The van der Waals surface area contributed by atoms with Gasteiger partial charge in [0.25, 0.3) is 0 Å². The van der Waals surface area contributed by atoms with Crippen molar-refractivity contribution in [2.24, 2.45) is 0 Å². The molecule has 3 aromatic rings. The minimum atomic E-state index is -0.777. The zero-order chi connectivity index (χ0) is 19.4. The monoisotopic (exact) mass is 409 g/mol. The van der Waals surface area contributed by atoms with Crippen molar-refractivity contribution in [3.63, 3.8) is 0 Å². The van der Waals surface area contributed by atoms with Crippen LogP contribution >= 0.6 is 23.5 Å². The number of rotatable bonds is 6. The molecule has 0 saturated carbocycles. The summed E-state index contributed by atoms with van der Waals surface area (Å²) in [5, 5.41) is 0.0186. The first kappa shape index (κ1) is 19.2. The maximum Gasteiger partial charge on any atom is 0.222 e. The molecule has 1 aromatic heterocycles. The quantitative estimate of drug-likeness (QED) is 0.349. The van der Waals surface area contributed by atoms with Crippen molar-refractivity contribution in [3.8, 4) is 0 Å². The van der Waals surface area contributed by atoms with E-state index in [0.29, 0.717) is 17.6 Å². The van der Waals surface area contributed by atoms with E-state index < -0.39 is 17.5 Å². The molecule has 138 valence electrons. The Balaban J connectivity index is 1.77. The Hall–Kier alpha value is -2.58. The minimum Gasteiger partial charge on any atom is -0.323 e. The van der Waals surface area contributed by atoms with Crippen molar-refractivity contribution < 1.29 is 18.0 Å². The number of aromatic nitrogens is 2. The van der Waals surface area contributed by atoms with Gasteiger partial charge >= 0.3 is 0 Å². The van der Waals surface area contributed by atoms with Gasteiger partial charge in [-0.1, -0.05) is 6.07 Å². The fraction of sp³-hybridized carbons (Fsp3) is 0.0556. The average molecular weight is 410 g/mol. The third-order valence-corrected chi connectivity index (χ3v) is 4.59. The molecule has 0 aliphatic rings. The van der Waals surface area contributed by atoms with Crippen LogP contribution in [0.15, 0.2) is 53.6 Å². The summed E-state index contributed by atoms with van der Waals surface area (Å²) in [7, 11) is 0. The Morgan fingerprint density at radius 3 is 2.52 bits per heavy atom. The summed E-state index contributed by atoms with van der Waals surface area (Å²) in [6.07, 6.45) is 1.37. The number of benzene rings is 2. The molecule has 0 bridgehead atoms. The lowest BCUT2D eigenvalue weighted by atomic mass is 10.1. The van der Waals surface area contributed by atoms with Crippen LogP contribution in [-0.2, 0) is 6.42 Å². The molecule has 27 heavy (non-hydrogen) atoms. The van der Waals surface area contributed by atoms with E-state index in [1.165, 1.54) is 24.4 Å². The first-order valence-electron chi connectivity index (χ1n) is 7.61. The topological polar surface area (TPSA) is 54.9 Å². The molecule has 9 heteroatoms. The molecule has 0 aliphatic heterocycles. The summed E-state index contributed by atoms with van der Waals surface area (Å²) >= 11 is 6.27. The number of nitrogens with one attached hydrogen (secondary N) is 1. The molecule has 0 amide bonds. The first-order chi connectivity index (χ1) is 12.9. The van der Waals surface area contributed by atoms with E-state index in [1.807, 2.05) is 0 Å². The zero-order valence-electron chi connectivity index (χ0n) is 13.5. The normalized spacial score (nSPS) is 10.7. The molecule has 0 aliphatic carbocycles. The van der Waals surface area contributed by atoms with Crippen molar-refractivity contribution in [2.45, 2.75) is 11.3 Å². The lowest BCUT2D eigenvalue weighted by Crippen LogP contribution is -2.06. The smallest absolute Gasteiger partial charge is 0.222 e. The maximum absolute atomic E-state index is 14.0.